The van der Waals surface area contributed by atoms with E-state index < -0.39 is 0 Å². The van der Waals surface area contributed by atoms with Crippen molar-refractivity contribution in [1.29, 1.82) is 0 Å². The van der Waals surface area contributed by atoms with E-state index in [1.165, 1.54) is 21.7 Å². The topological polar surface area (TPSA) is 61.4 Å². The molecule has 2 aromatic heterocycles. The van der Waals surface area contributed by atoms with E-state index in [-0.39, 0.29) is 5.91 Å². The van der Waals surface area contributed by atoms with Crippen molar-refractivity contribution < 1.29 is 4.79 Å². The Hall–Kier alpha value is -2.67. The van der Waals surface area contributed by atoms with Crippen molar-refractivity contribution in [3.8, 4) is 0 Å². The molecule has 6 nitrogen and oxygen atoms in total. The number of anilines is 2. The molecule has 0 spiro atoms. The van der Waals surface area contributed by atoms with E-state index in [1.807, 2.05) is 4.90 Å². The van der Waals surface area contributed by atoms with E-state index >= 15 is 0 Å². The summed E-state index contributed by atoms with van der Waals surface area (Å²) in [5.74, 6) is 1.01. The van der Waals surface area contributed by atoms with Crippen LogP contribution in [0, 0.1) is 20.8 Å². The summed E-state index contributed by atoms with van der Waals surface area (Å²) in [7, 11) is 0. The average molecular weight is 410 g/mol. The lowest BCUT2D eigenvalue weighted by Gasteiger charge is -2.37. The minimum Gasteiger partial charge on any atom is -0.369 e. The summed E-state index contributed by atoms with van der Waals surface area (Å²) in [5, 5.41) is 4.35. The summed E-state index contributed by atoms with van der Waals surface area (Å²) < 4.78 is 0. The van der Waals surface area contributed by atoms with Crippen molar-refractivity contribution in [1.82, 2.24) is 14.9 Å². The van der Waals surface area contributed by atoms with Gasteiger partial charge >= 0.3 is 0 Å². The van der Waals surface area contributed by atoms with Crippen LogP contribution in [0.5, 0.6) is 0 Å². The Kier molecular flexibility index (Phi) is 5.67. The van der Waals surface area contributed by atoms with Gasteiger partial charge in [-0.25, -0.2) is 9.97 Å². The Morgan fingerprint density at radius 1 is 1.14 bits per heavy atom. The van der Waals surface area contributed by atoms with Gasteiger partial charge in [0.05, 0.1) is 5.39 Å². The van der Waals surface area contributed by atoms with Gasteiger partial charge in [-0.05, 0) is 44.0 Å². The first-order valence-electron chi connectivity index (χ1n) is 10.1. The van der Waals surface area contributed by atoms with Gasteiger partial charge in [0.2, 0.25) is 5.91 Å². The molecule has 1 aliphatic rings. The number of hydrogen-bond acceptors (Lipinski definition) is 6. The molecule has 1 aliphatic heterocycles. The monoisotopic (exact) mass is 409 g/mol. The molecule has 1 N–H and O–H groups in total. The highest BCUT2D eigenvalue weighted by Gasteiger charge is 2.22. The van der Waals surface area contributed by atoms with Gasteiger partial charge in [-0.2, -0.15) is 0 Å². The van der Waals surface area contributed by atoms with Crippen molar-refractivity contribution in [2.75, 3.05) is 42.9 Å². The first-order valence-corrected chi connectivity index (χ1v) is 10.9. The molecular formula is C22H27N5OS. The summed E-state index contributed by atoms with van der Waals surface area (Å²) in [6, 6.07) is 8.53. The predicted molar refractivity (Wildman–Crippen MR) is 120 cm³/mol. The summed E-state index contributed by atoms with van der Waals surface area (Å²) >= 11 is 1.66. The maximum absolute atomic E-state index is 12.7. The van der Waals surface area contributed by atoms with Crippen LogP contribution in [-0.2, 0) is 4.79 Å². The van der Waals surface area contributed by atoms with Crippen LogP contribution in [0.25, 0.3) is 10.2 Å². The molecule has 4 rings (SSSR count). The van der Waals surface area contributed by atoms with Crippen LogP contribution in [0.3, 0.4) is 0 Å². The Morgan fingerprint density at radius 2 is 1.93 bits per heavy atom. The molecule has 0 aliphatic carbocycles. The van der Waals surface area contributed by atoms with Gasteiger partial charge in [0.15, 0.2) is 0 Å². The number of benzene rings is 1. The molecule has 7 heteroatoms. The number of nitrogens with one attached hydrogen (secondary N) is 1. The van der Waals surface area contributed by atoms with Crippen molar-refractivity contribution in [3.05, 3.63) is 46.6 Å². The maximum Gasteiger partial charge on any atom is 0.224 e. The molecule has 0 saturated carbocycles. The van der Waals surface area contributed by atoms with Crippen molar-refractivity contribution in [2.45, 2.75) is 27.2 Å². The third-order valence-electron chi connectivity index (χ3n) is 5.63. The number of amides is 1. The summed E-state index contributed by atoms with van der Waals surface area (Å²) in [4.78, 5) is 27.9. The average Bonchev–Trinajstić information content (AvgIpc) is 3.11. The molecule has 0 atom stereocenters. The first-order chi connectivity index (χ1) is 14.0. The van der Waals surface area contributed by atoms with E-state index in [4.69, 9.17) is 0 Å². The molecule has 1 amide bonds. The summed E-state index contributed by atoms with van der Waals surface area (Å²) in [6.07, 6.45) is 2.05. The quantitative estimate of drug-likeness (QED) is 0.695. The fourth-order valence-corrected chi connectivity index (χ4v) is 4.68. The second-order valence-electron chi connectivity index (χ2n) is 7.56. The number of carbonyl (C=O) groups excluding carboxylic acids is 1. The molecule has 3 aromatic rings. The largest absolute Gasteiger partial charge is 0.369 e. The Bertz CT molecular complexity index is 1020. The number of thiophene rings is 1. The van der Waals surface area contributed by atoms with Gasteiger partial charge in [0.25, 0.3) is 0 Å². The van der Waals surface area contributed by atoms with Crippen LogP contribution >= 0.6 is 11.3 Å². The number of carbonyl (C=O) groups is 1. The lowest BCUT2D eigenvalue weighted by molar-refractivity contribution is -0.131. The third kappa shape index (κ3) is 4.19. The Balaban J connectivity index is 1.29. The van der Waals surface area contributed by atoms with Gasteiger partial charge < -0.3 is 15.1 Å². The van der Waals surface area contributed by atoms with E-state index in [0.29, 0.717) is 13.0 Å². The number of hydrogen-bond donors (Lipinski definition) is 1. The molecule has 3 heterocycles. The molecule has 0 bridgehead atoms. The summed E-state index contributed by atoms with van der Waals surface area (Å²) in [5.41, 5.74) is 3.93. The number of piperazine rings is 1. The van der Waals surface area contributed by atoms with E-state index in [9.17, 15) is 4.79 Å². The van der Waals surface area contributed by atoms with Gasteiger partial charge in [-0.3, -0.25) is 4.79 Å². The smallest absolute Gasteiger partial charge is 0.224 e. The van der Waals surface area contributed by atoms with E-state index in [1.54, 1.807) is 17.7 Å². The highest BCUT2D eigenvalue weighted by atomic mass is 32.1. The maximum atomic E-state index is 12.7. The molecule has 152 valence electrons. The minimum absolute atomic E-state index is 0.199. The zero-order valence-electron chi connectivity index (χ0n) is 17.2. The Labute approximate surface area is 175 Å². The van der Waals surface area contributed by atoms with Crippen LogP contribution < -0.4 is 10.2 Å². The van der Waals surface area contributed by atoms with Crippen molar-refractivity contribution in [2.24, 2.45) is 0 Å². The third-order valence-corrected chi connectivity index (χ3v) is 6.59. The molecule has 1 saturated heterocycles. The summed E-state index contributed by atoms with van der Waals surface area (Å²) in [6.45, 7) is 10.3. The molecule has 1 fully saturated rings. The second kappa shape index (κ2) is 8.37. The van der Waals surface area contributed by atoms with Crippen LogP contribution in [0.15, 0.2) is 30.6 Å². The number of nitrogens with zero attached hydrogens (tertiary/aromatic N) is 4. The predicted octanol–water partition coefficient (Wildman–Crippen LogP) is 3.77. The van der Waals surface area contributed by atoms with Crippen LogP contribution in [0.1, 0.15) is 22.4 Å². The van der Waals surface area contributed by atoms with Crippen LogP contribution in [0.2, 0.25) is 0 Å². The Morgan fingerprint density at radius 3 is 2.72 bits per heavy atom. The van der Waals surface area contributed by atoms with Crippen molar-refractivity contribution >= 4 is 39.0 Å². The first kappa shape index (κ1) is 19.6. The molecular weight excluding hydrogens is 382 g/mol. The highest BCUT2D eigenvalue weighted by Crippen LogP contribution is 2.27. The lowest BCUT2D eigenvalue weighted by Crippen LogP contribution is -2.49. The molecule has 29 heavy (non-hydrogen) atoms. The SMILES string of the molecule is Cc1cc2c(NCCC(=O)N3CCN(c4cccc(C)c4C)CC3)ncnc2s1. The normalized spacial score (nSPS) is 14.4. The molecule has 1 aromatic carbocycles. The minimum atomic E-state index is 0.199. The second-order valence-corrected chi connectivity index (χ2v) is 8.80. The van der Waals surface area contributed by atoms with Gasteiger partial charge in [-0.15, -0.1) is 11.3 Å². The number of aryl methyl sites for hydroxylation is 2. The fraction of sp³-hybridized carbons (Fsp3) is 0.409. The van der Waals surface area contributed by atoms with E-state index in [2.05, 4.69) is 65.2 Å². The van der Waals surface area contributed by atoms with Gasteiger partial charge in [0.1, 0.15) is 17.0 Å². The van der Waals surface area contributed by atoms with E-state index in [0.717, 1.165) is 42.2 Å². The van der Waals surface area contributed by atoms with Gasteiger partial charge in [0, 0.05) is 49.7 Å². The van der Waals surface area contributed by atoms with Gasteiger partial charge in [-0.1, -0.05) is 12.1 Å². The lowest BCUT2D eigenvalue weighted by atomic mass is 10.1. The van der Waals surface area contributed by atoms with Crippen LogP contribution in [0.4, 0.5) is 11.5 Å². The zero-order chi connectivity index (χ0) is 20.4. The van der Waals surface area contributed by atoms with Crippen LogP contribution in [-0.4, -0.2) is 53.5 Å². The standard InChI is InChI=1S/C22H27N5OS/c1-15-5-4-6-19(17(15)3)26-9-11-27(12-10-26)20(28)7-8-23-21-18-13-16(2)29-22(18)25-14-24-21/h4-6,13-14H,7-12H2,1-3H3,(H,23,24,25). The molecule has 0 radical (unpaired) electrons. The van der Waals surface area contributed by atoms with Crippen molar-refractivity contribution in [3.63, 3.8) is 0 Å². The number of rotatable bonds is 5. The fourth-order valence-electron chi connectivity index (χ4n) is 3.84. The number of fused-ring (bicyclic) bond motifs is 1. The number of aromatic nitrogens is 2. The molecule has 0 unspecified atom stereocenters. The highest BCUT2D eigenvalue weighted by molar-refractivity contribution is 7.18. The zero-order valence-corrected chi connectivity index (χ0v) is 18.1.